The van der Waals surface area contributed by atoms with Gasteiger partial charge in [0.1, 0.15) is 0 Å². The van der Waals surface area contributed by atoms with Gasteiger partial charge in [0.2, 0.25) is 0 Å². The smallest absolute Gasteiger partial charge is 0.320 e. The number of aromatic nitrogens is 2. The third kappa shape index (κ3) is 3.28. The Kier molecular flexibility index (Phi) is 3.86. The highest BCUT2D eigenvalue weighted by atomic mass is 16.2. The van der Waals surface area contributed by atoms with Crippen LogP contribution in [0.25, 0.3) is 0 Å². The van der Waals surface area contributed by atoms with Crippen LogP contribution in [0.3, 0.4) is 0 Å². The Morgan fingerprint density at radius 1 is 1.22 bits per heavy atom. The normalized spacial score (nSPS) is 11.6. The van der Waals surface area contributed by atoms with Crippen LogP contribution in [0.4, 0.5) is 10.6 Å². The molecule has 0 fully saturated rings. The predicted molar refractivity (Wildman–Crippen MR) is 69.0 cm³/mol. The first kappa shape index (κ1) is 12.0. The summed E-state index contributed by atoms with van der Waals surface area (Å²) in [6.07, 6.45) is 4.57. The fourth-order valence-electron chi connectivity index (χ4n) is 1.54. The summed E-state index contributed by atoms with van der Waals surface area (Å²) in [5.41, 5.74) is 1.05. The minimum Gasteiger partial charge on any atom is -0.331 e. The molecule has 1 unspecified atom stereocenters. The zero-order chi connectivity index (χ0) is 12.8. The number of carbonyl (C=O) groups is 1. The van der Waals surface area contributed by atoms with E-state index in [0.29, 0.717) is 5.82 Å². The zero-order valence-corrected chi connectivity index (χ0v) is 10.00. The highest BCUT2D eigenvalue weighted by Gasteiger charge is 2.09. The first-order valence-electron chi connectivity index (χ1n) is 5.64. The van der Waals surface area contributed by atoms with Gasteiger partial charge in [0, 0.05) is 12.4 Å². The summed E-state index contributed by atoms with van der Waals surface area (Å²) in [5, 5.41) is 5.45. The average molecular weight is 242 g/mol. The molecule has 5 nitrogen and oxygen atoms in total. The lowest BCUT2D eigenvalue weighted by Gasteiger charge is -2.14. The zero-order valence-electron chi connectivity index (χ0n) is 10.00. The summed E-state index contributed by atoms with van der Waals surface area (Å²) < 4.78 is 0. The highest BCUT2D eigenvalue weighted by Crippen LogP contribution is 2.11. The van der Waals surface area contributed by atoms with E-state index in [9.17, 15) is 4.79 Å². The number of anilines is 1. The van der Waals surface area contributed by atoms with Gasteiger partial charge in [-0.05, 0) is 12.5 Å². The van der Waals surface area contributed by atoms with E-state index in [1.165, 1.54) is 12.4 Å². The van der Waals surface area contributed by atoms with E-state index in [2.05, 4.69) is 20.6 Å². The molecule has 0 saturated carbocycles. The Morgan fingerprint density at radius 2 is 2.00 bits per heavy atom. The molecular weight excluding hydrogens is 228 g/mol. The van der Waals surface area contributed by atoms with Gasteiger partial charge in [0.15, 0.2) is 5.82 Å². The Bertz CT molecular complexity index is 501. The van der Waals surface area contributed by atoms with Gasteiger partial charge in [0.05, 0.1) is 12.2 Å². The van der Waals surface area contributed by atoms with Crippen molar-refractivity contribution >= 4 is 11.8 Å². The number of benzene rings is 1. The van der Waals surface area contributed by atoms with Gasteiger partial charge >= 0.3 is 6.03 Å². The van der Waals surface area contributed by atoms with E-state index in [1.54, 1.807) is 6.20 Å². The van der Waals surface area contributed by atoms with Gasteiger partial charge in [0.25, 0.3) is 0 Å². The number of carbonyl (C=O) groups excluding carboxylic acids is 1. The lowest BCUT2D eigenvalue weighted by atomic mass is 10.1. The molecule has 92 valence electrons. The Morgan fingerprint density at radius 3 is 2.67 bits per heavy atom. The molecule has 2 aromatic rings. The first-order valence-corrected chi connectivity index (χ1v) is 5.64. The lowest BCUT2D eigenvalue weighted by Crippen LogP contribution is -2.31. The van der Waals surface area contributed by atoms with Crippen molar-refractivity contribution in [3.8, 4) is 0 Å². The SMILES string of the molecule is CC(NC(=O)Nc1cnccn1)c1ccccc1. The molecule has 1 aromatic carbocycles. The molecule has 2 rings (SSSR count). The molecule has 0 aliphatic heterocycles. The maximum Gasteiger partial charge on any atom is 0.320 e. The van der Waals surface area contributed by atoms with Crippen LogP contribution in [0.1, 0.15) is 18.5 Å². The van der Waals surface area contributed by atoms with Gasteiger partial charge in [-0.2, -0.15) is 0 Å². The molecule has 1 atom stereocenters. The largest absolute Gasteiger partial charge is 0.331 e. The van der Waals surface area contributed by atoms with Gasteiger partial charge < -0.3 is 5.32 Å². The third-order valence-corrected chi connectivity index (χ3v) is 2.45. The molecule has 0 radical (unpaired) electrons. The van der Waals surface area contributed by atoms with Gasteiger partial charge in [-0.1, -0.05) is 30.3 Å². The van der Waals surface area contributed by atoms with Crippen LogP contribution in [-0.4, -0.2) is 16.0 Å². The van der Waals surface area contributed by atoms with Crippen LogP contribution < -0.4 is 10.6 Å². The predicted octanol–water partition coefficient (Wildman–Crippen LogP) is 2.36. The van der Waals surface area contributed by atoms with Crippen molar-refractivity contribution < 1.29 is 4.79 Å². The van der Waals surface area contributed by atoms with E-state index >= 15 is 0 Å². The maximum absolute atomic E-state index is 11.7. The second kappa shape index (κ2) is 5.77. The molecule has 0 spiro atoms. The van der Waals surface area contributed by atoms with Crippen molar-refractivity contribution in [3.05, 3.63) is 54.5 Å². The van der Waals surface area contributed by atoms with Crippen molar-refractivity contribution in [1.29, 1.82) is 0 Å². The lowest BCUT2D eigenvalue weighted by molar-refractivity contribution is 0.249. The third-order valence-electron chi connectivity index (χ3n) is 2.45. The molecule has 0 aliphatic rings. The molecular formula is C13H14N4O. The summed E-state index contributed by atoms with van der Waals surface area (Å²) in [6, 6.07) is 9.38. The minimum absolute atomic E-state index is 0.0668. The van der Waals surface area contributed by atoms with Crippen molar-refractivity contribution in [1.82, 2.24) is 15.3 Å². The van der Waals surface area contributed by atoms with Crippen LogP contribution in [0.5, 0.6) is 0 Å². The number of hydrogen-bond donors (Lipinski definition) is 2. The summed E-state index contributed by atoms with van der Waals surface area (Å²) in [7, 11) is 0. The van der Waals surface area contributed by atoms with Crippen LogP contribution in [0.2, 0.25) is 0 Å². The summed E-state index contributed by atoms with van der Waals surface area (Å²) in [5.74, 6) is 0.426. The number of nitrogens with zero attached hydrogens (tertiary/aromatic N) is 2. The molecule has 5 heteroatoms. The Labute approximate surface area is 105 Å². The molecule has 1 heterocycles. The highest BCUT2D eigenvalue weighted by molar-refractivity contribution is 5.88. The average Bonchev–Trinajstić information content (AvgIpc) is 2.40. The quantitative estimate of drug-likeness (QED) is 0.868. The van der Waals surface area contributed by atoms with Crippen LogP contribution in [0, 0.1) is 0 Å². The minimum atomic E-state index is -0.299. The molecule has 0 saturated heterocycles. The van der Waals surface area contributed by atoms with Gasteiger partial charge in [-0.3, -0.25) is 10.3 Å². The number of urea groups is 1. The first-order chi connectivity index (χ1) is 8.75. The van der Waals surface area contributed by atoms with E-state index < -0.39 is 0 Å². The Balaban J connectivity index is 1.92. The molecule has 1 aromatic heterocycles. The summed E-state index contributed by atoms with van der Waals surface area (Å²) in [6.45, 7) is 1.92. The summed E-state index contributed by atoms with van der Waals surface area (Å²) >= 11 is 0. The topological polar surface area (TPSA) is 66.9 Å². The van der Waals surface area contributed by atoms with Crippen LogP contribution in [0.15, 0.2) is 48.9 Å². The van der Waals surface area contributed by atoms with Gasteiger partial charge in [-0.25, -0.2) is 9.78 Å². The second-order valence-corrected chi connectivity index (χ2v) is 3.82. The monoisotopic (exact) mass is 242 g/mol. The van der Waals surface area contributed by atoms with E-state index in [0.717, 1.165) is 5.56 Å². The molecule has 2 amide bonds. The van der Waals surface area contributed by atoms with Crippen molar-refractivity contribution in [2.75, 3.05) is 5.32 Å². The standard InChI is InChI=1S/C13H14N4O/c1-10(11-5-3-2-4-6-11)16-13(18)17-12-9-14-7-8-15-12/h2-10H,1H3,(H2,15,16,17,18). The Hall–Kier alpha value is -2.43. The number of nitrogens with one attached hydrogen (secondary N) is 2. The van der Waals surface area contributed by atoms with Crippen LogP contribution >= 0.6 is 0 Å². The van der Waals surface area contributed by atoms with Crippen molar-refractivity contribution in [2.24, 2.45) is 0 Å². The number of rotatable bonds is 3. The van der Waals surface area contributed by atoms with Gasteiger partial charge in [-0.15, -0.1) is 0 Å². The van der Waals surface area contributed by atoms with Crippen LogP contribution in [-0.2, 0) is 0 Å². The maximum atomic E-state index is 11.7. The fourth-order valence-corrected chi connectivity index (χ4v) is 1.54. The second-order valence-electron chi connectivity index (χ2n) is 3.82. The number of hydrogen-bond acceptors (Lipinski definition) is 3. The molecule has 0 bridgehead atoms. The summed E-state index contributed by atoms with van der Waals surface area (Å²) in [4.78, 5) is 19.5. The number of amides is 2. The molecule has 18 heavy (non-hydrogen) atoms. The van der Waals surface area contributed by atoms with E-state index in [4.69, 9.17) is 0 Å². The molecule has 2 N–H and O–H groups in total. The van der Waals surface area contributed by atoms with Crippen molar-refractivity contribution in [3.63, 3.8) is 0 Å². The van der Waals surface area contributed by atoms with E-state index in [-0.39, 0.29) is 12.1 Å². The van der Waals surface area contributed by atoms with E-state index in [1.807, 2.05) is 37.3 Å². The van der Waals surface area contributed by atoms with Crippen molar-refractivity contribution in [2.45, 2.75) is 13.0 Å². The fraction of sp³-hybridized carbons (Fsp3) is 0.154. The molecule has 0 aliphatic carbocycles.